The van der Waals surface area contributed by atoms with Crippen molar-refractivity contribution in [1.82, 2.24) is 9.80 Å². The van der Waals surface area contributed by atoms with Gasteiger partial charge in [-0.2, -0.15) is 0 Å². The zero-order valence-corrected chi connectivity index (χ0v) is 20.5. The van der Waals surface area contributed by atoms with Crippen molar-refractivity contribution in [2.45, 2.75) is 39.3 Å². The van der Waals surface area contributed by atoms with Crippen LogP contribution < -0.4 is 0 Å². The molecule has 0 saturated heterocycles. The van der Waals surface area contributed by atoms with E-state index in [0.717, 1.165) is 16.0 Å². The average molecular weight is 461 g/mol. The summed E-state index contributed by atoms with van der Waals surface area (Å²) in [7, 11) is 0. The van der Waals surface area contributed by atoms with Gasteiger partial charge in [-0.3, -0.25) is 9.59 Å². The lowest BCUT2D eigenvalue weighted by molar-refractivity contribution is -0.133. The largest absolute Gasteiger partial charge is 0.332 e. The summed E-state index contributed by atoms with van der Waals surface area (Å²) in [6.45, 7) is 11.5. The number of rotatable bonds is 9. The molecule has 3 rings (SSSR count). The molecule has 2 aromatic carbocycles. The summed E-state index contributed by atoms with van der Waals surface area (Å²) in [6, 6.07) is 21.6. The number of amides is 2. The minimum Gasteiger partial charge on any atom is -0.332 e. The van der Waals surface area contributed by atoms with Gasteiger partial charge in [0.2, 0.25) is 5.91 Å². The predicted octanol–water partition coefficient (Wildman–Crippen LogP) is 5.90. The highest BCUT2D eigenvalue weighted by Crippen LogP contribution is 2.23. The average Bonchev–Trinajstić information content (AvgIpc) is 3.31. The lowest BCUT2D eigenvalue weighted by Gasteiger charge is -2.27. The number of hydrogen-bond acceptors (Lipinski definition) is 3. The van der Waals surface area contributed by atoms with E-state index in [9.17, 15) is 9.59 Å². The highest BCUT2D eigenvalue weighted by atomic mass is 32.1. The Hall–Kier alpha value is -3.18. The summed E-state index contributed by atoms with van der Waals surface area (Å²) in [6.07, 6.45) is 1.66. The lowest BCUT2D eigenvalue weighted by Crippen LogP contribution is -2.42. The molecule has 172 valence electrons. The minimum atomic E-state index is -0.167. The summed E-state index contributed by atoms with van der Waals surface area (Å²) in [5.41, 5.74) is 2.81. The van der Waals surface area contributed by atoms with E-state index in [0.29, 0.717) is 25.2 Å². The fourth-order valence-corrected chi connectivity index (χ4v) is 4.28. The second-order valence-electron chi connectivity index (χ2n) is 9.12. The Morgan fingerprint density at radius 3 is 2.18 bits per heavy atom. The molecule has 5 heteroatoms. The summed E-state index contributed by atoms with van der Waals surface area (Å²) in [5, 5.41) is 2.01. The van der Waals surface area contributed by atoms with Crippen LogP contribution in [0.3, 0.4) is 0 Å². The predicted molar refractivity (Wildman–Crippen MR) is 136 cm³/mol. The maximum Gasteiger partial charge on any atom is 0.254 e. The van der Waals surface area contributed by atoms with Crippen LogP contribution in [0.15, 0.2) is 84.8 Å². The van der Waals surface area contributed by atoms with Crippen molar-refractivity contribution in [3.05, 3.63) is 106 Å². The van der Waals surface area contributed by atoms with Gasteiger partial charge in [-0.05, 0) is 40.1 Å². The van der Waals surface area contributed by atoms with Crippen LogP contribution in [0.25, 0.3) is 0 Å². The standard InChI is InChI=1S/C28H32N2O2S/c1-5-17-29(27(32)23-13-15-24(16-14-23)28(2,3)4)21-26(31)30(20-25-12-9-18-33-25)19-22-10-7-6-8-11-22/h5-16,18H,1,17,19-21H2,2-4H3. The Morgan fingerprint density at radius 1 is 0.909 bits per heavy atom. The van der Waals surface area contributed by atoms with E-state index in [4.69, 9.17) is 0 Å². The topological polar surface area (TPSA) is 40.6 Å². The van der Waals surface area contributed by atoms with Crippen LogP contribution in [-0.2, 0) is 23.3 Å². The van der Waals surface area contributed by atoms with Gasteiger partial charge in [-0.15, -0.1) is 17.9 Å². The summed E-state index contributed by atoms with van der Waals surface area (Å²) >= 11 is 1.62. The molecule has 0 N–H and O–H groups in total. The van der Waals surface area contributed by atoms with Gasteiger partial charge in [0.15, 0.2) is 0 Å². The summed E-state index contributed by atoms with van der Waals surface area (Å²) in [4.78, 5) is 31.1. The number of thiophene rings is 1. The minimum absolute atomic E-state index is 0.00405. The molecule has 1 heterocycles. The first kappa shape index (κ1) is 24.5. The van der Waals surface area contributed by atoms with E-state index >= 15 is 0 Å². The molecule has 0 aliphatic carbocycles. The van der Waals surface area contributed by atoms with E-state index in [1.54, 1.807) is 22.3 Å². The summed E-state index contributed by atoms with van der Waals surface area (Å²) in [5.74, 6) is -0.256. The lowest BCUT2D eigenvalue weighted by atomic mass is 9.86. The van der Waals surface area contributed by atoms with Crippen LogP contribution in [0.1, 0.15) is 47.1 Å². The third-order valence-electron chi connectivity index (χ3n) is 5.46. The van der Waals surface area contributed by atoms with Crippen LogP contribution in [0.5, 0.6) is 0 Å². The Kier molecular flexibility index (Phi) is 8.23. The van der Waals surface area contributed by atoms with Crippen molar-refractivity contribution in [2.75, 3.05) is 13.1 Å². The van der Waals surface area contributed by atoms with Gasteiger partial charge in [0.05, 0.1) is 6.54 Å². The molecular weight excluding hydrogens is 428 g/mol. The van der Waals surface area contributed by atoms with Crippen molar-refractivity contribution < 1.29 is 9.59 Å². The molecule has 0 radical (unpaired) electrons. The van der Waals surface area contributed by atoms with Crippen molar-refractivity contribution in [2.24, 2.45) is 0 Å². The van der Waals surface area contributed by atoms with Gasteiger partial charge >= 0.3 is 0 Å². The smallest absolute Gasteiger partial charge is 0.254 e. The van der Waals surface area contributed by atoms with Crippen molar-refractivity contribution in [1.29, 1.82) is 0 Å². The second kappa shape index (κ2) is 11.1. The van der Waals surface area contributed by atoms with E-state index in [1.807, 2.05) is 77.0 Å². The number of carbonyl (C=O) groups is 2. The molecule has 0 saturated carbocycles. The first-order valence-electron chi connectivity index (χ1n) is 11.1. The van der Waals surface area contributed by atoms with Gasteiger partial charge in [-0.1, -0.05) is 75.4 Å². The van der Waals surface area contributed by atoms with Crippen molar-refractivity contribution in [3.63, 3.8) is 0 Å². The Bertz CT molecular complexity index is 1050. The molecule has 0 aliphatic rings. The molecule has 2 amide bonds. The molecule has 1 aromatic heterocycles. The monoisotopic (exact) mass is 460 g/mol. The van der Waals surface area contributed by atoms with Crippen molar-refractivity contribution in [3.8, 4) is 0 Å². The first-order valence-corrected chi connectivity index (χ1v) is 12.0. The van der Waals surface area contributed by atoms with Gasteiger partial charge < -0.3 is 9.80 Å². The highest BCUT2D eigenvalue weighted by molar-refractivity contribution is 7.09. The third kappa shape index (κ3) is 6.90. The molecule has 4 nitrogen and oxygen atoms in total. The van der Waals surface area contributed by atoms with Gasteiger partial charge in [0.1, 0.15) is 6.54 Å². The van der Waals surface area contributed by atoms with E-state index in [2.05, 4.69) is 27.4 Å². The van der Waals surface area contributed by atoms with E-state index in [-0.39, 0.29) is 23.8 Å². The van der Waals surface area contributed by atoms with Crippen LogP contribution in [0, 0.1) is 0 Å². The maximum atomic E-state index is 13.4. The molecule has 0 spiro atoms. The second-order valence-corrected chi connectivity index (χ2v) is 10.1. The fraction of sp³-hybridized carbons (Fsp3) is 0.286. The van der Waals surface area contributed by atoms with E-state index < -0.39 is 0 Å². The SMILES string of the molecule is C=CCN(CC(=O)N(Cc1ccccc1)Cc1cccs1)C(=O)c1ccc(C(C)(C)C)cc1. The molecule has 0 aliphatic heterocycles. The Morgan fingerprint density at radius 2 is 1.61 bits per heavy atom. The quantitative estimate of drug-likeness (QED) is 0.373. The van der Waals surface area contributed by atoms with Crippen LogP contribution in [0.4, 0.5) is 0 Å². The molecular formula is C28H32N2O2S. The zero-order valence-electron chi connectivity index (χ0n) is 19.7. The van der Waals surface area contributed by atoms with Gasteiger partial charge in [-0.25, -0.2) is 0 Å². The van der Waals surface area contributed by atoms with Gasteiger partial charge in [0, 0.05) is 23.5 Å². The van der Waals surface area contributed by atoms with Crippen LogP contribution in [0.2, 0.25) is 0 Å². The summed E-state index contributed by atoms with van der Waals surface area (Å²) < 4.78 is 0. The fourth-order valence-electron chi connectivity index (χ4n) is 3.56. The Balaban J connectivity index is 1.77. The number of carbonyl (C=O) groups excluding carboxylic acids is 2. The normalized spacial score (nSPS) is 11.1. The number of hydrogen-bond donors (Lipinski definition) is 0. The molecule has 0 atom stereocenters. The molecule has 0 bridgehead atoms. The van der Waals surface area contributed by atoms with Crippen LogP contribution >= 0.6 is 11.3 Å². The third-order valence-corrected chi connectivity index (χ3v) is 6.32. The number of benzene rings is 2. The van der Waals surface area contributed by atoms with Crippen LogP contribution in [-0.4, -0.2) is 34.7 Å². The first-order chi connectivity index (χ1) is 15.8. The zero-order chi connectivity index (χ0) is 23.8. The molecule has 33 heavy (non-hydrogen) atoms. The molecule has 0 fully saturated rings. The molecule has 3 aromatic rings. The highest BCUT2D eigenvalue weighted by Gasteiger charge is 2.23. The van der Waals surface area contributed by atoms with E-state index in [1.165, 1.54) is 0 Å². The van der Waals surface area contributed by atoms with Crippen molar-refractivity contribution >= 4 is 23.2 Å². The molecule has 0 unspecified atom stereocenters. The number of nitrogens with zero attached hydrogens (tertiary/aromatic N) is 2. The maximum absolute atomic E-state index is 13.4. The van der Waals surface area contributed by atoms with Gasteiger partial charge in [0.25, 0.3) is 5.91 Å². The Labute approximate surface area is 201 Å².